The smallest absolute Gasteiger partial charge is 0.174 e. The molecule has 0 saturated carbocycles. The Kier molecular flexibility index (Phi) is 6.80. The number of Topliss-reactive ketones (excluding diaryl/α,β-unsaturated/α-hetero) is 1. The van der Waals surface area contributed by atoms with Crippen LogP contribution in [0, 0.1) is 0 Å². The quantitative estimate of drug-likeness (QED) is 0.520. The number of nitrogens with one attached hydrogen (secondary N) is 1. The van der Waals surface area contributed by atoms with E-state index in [0.29, 0.717) is 16.3 Å². The highest BCUT2D eigenvalue weighted by Gasteiger charge is 2.19. The molecule has 1 aliphatic rings. The summed E-state index contributed by atoms with van der Waals surface area (Å²) in [4.78, 5) is 12.3. The SMILES string of the molecule is C=C1Cc2cc(C(=O)CSCCCCCCO)c(Cl)cc2N1. The van der Waals surface area contributed by atoms with Gasteiger partial charge in [0.05, 0.1) is 10.8 Å². The molecule has 22 heavy (non-hydrogen) atoms. The average molecular weight is 340 g/mol. The van der Waals surface area contributed by atoms with Gasteiger partial charge in [-0.15, -0.1) is 0 Å². The Hall–Kier alpha value is -0.970. The highest BCUT2D eigenvalue weighted by atomic mass is 35.5. The fraction of sp³-hybridized carbons (Fsp3) is 0.471. The predicted molar refractivity (Wildman–Crippen MR) is 95.1 cm³/mol. The number of rotatable bonds is 9. The topological polar surface area (TPSA) is 49.3 Å². The fourth-order valence-electron chi connectivity index (χ4n) is 2.47. The van der Waals surface area contributed by atoms with E-state index in [2.05, 4.69) is 11.9 Å². The monoisotopic (exact) mass is 339 g/mol. The molecule has 1 aliphatic heterocycles. The van der Waals surface area contributed by atoms with Crippen LogP contribution < -0.4 is 5.32 Å². The second-order valence-electron chi connectivity index (χ2n) is 5.51. The van der Waals surface area contributed by atoms with Gasteiger partial charge in [-0.25, -0.2) is 0 Å². The van der Waals surface area contributed by atoms with E-state index in [4.69, 9.17) is 16.7 Å². The summed E-state index contributed by atoms with van der Waals surface area (Å²) >= 11 is 7.88. The molecule has 0 aromatic heterocycles. The van der Waals surface area contributed by atoms with Gasteiger partial charge in [0.25, 0.3) is 0 Å². The van der Waals surface area contributed by atoms with Gasteiger partial charge < -0.3 is 10.4 Å². The molecule has 0 saturated heterocycles. The highest BCUT2D eigenvalue weighted by Crippen LogP contribution is 2.33. The van der Waals surface area contributed by atoms with Gasteiger partial charge in [-0.3, -0.25) is 4.79 Å². The van der Waals surface area contributed by atoms with E-state index in [9.17, 15) is 4.79 Å². The van der Waals surface area contributed by atoms with Crippen LogP contribution in [0.1, 0.15) is 41.6 Å². The van der Waals surface area contributed by atoms with Gasteiger partial charge in [-0.05, 0) is 36.3 Å². The number of aliphatic hydroxyl groups excluding tert-OH is 1. The molecular formula is C17H22ClNO2S. The number of anilines is 1. The molecule has 1 heterocycles. The van der Waals surface area contributed by atoms with Crippen molar-refractivity contribution < 1.29 is 9.90 Å². The third-order valence-electron chi connectivity index (χ3n) is 3.64. The molecule has 120 valence electrons. The Morgan fingerprint density at radius 2 is 2.09 bits per heavy atom. The number of allylic oxidation sites excluding steroid dienone is 1. The normalized spacial score (nSPS) is 13.1. The van der Waals surface area contributed by atoms with Crippen molar-refractivity contribution in [2.45, 2.75) is 32.1 Å². The Morgan fingerprint density at radius 3 is 2.86 bits per heavy atom. The summed E-state index contributed by atoms with van der Waals surface area (Å²) < 4.78 is 0. The number of hydrogen-bond acceptors (Lipinski definition) is 4. The molecule has 1 aromatic rings. The molecule has 0 amide bonds. The molecule has 0 aliphatic carbocycles. The first-order chi connectivity index (χ1) is 10.6. The standard InChI is InChI=1S/C17H22ClNO2S/c1-12-8-13-9-14(15(18)10-16(13)19-12)17(21)11-22-7-5-3-2-4-6-20/h9-10,19-20H,1-8,11H2. The first kappa shape index (κ1) is 17.4. The van der Waals surface area contributed by atoms with E-state index in [1.807, 2.05) is 12.1 Å². The van der Waals surface area contributed by atoms with Gasteiger partial charge >= 0.3 is 0 Å². The second-order valence-corrected chi connectivity index (χ2v) is 7.02. The van der Waals surface area contributed by atoms with Crippen LogP contribution in [0.15, 0.2) is 24.4 Å². The maximum absolute atomic E-state index is 12.3. The van der Waals surface area contributed by atoms with Crippen molar-refractivity contribution in [3.63, 3.8) is 0 Å². The highest BCUT2D eigenvalue weighted by molar-refractivity contribution is 7.99. The van der Waals surface area contributed by atoms with Crippen LogP contribution in [0.25, 0.3) is 0 Å². The van der Waals surface area contributed by atoms with E-state index >= 15 is 0 Å². The van der Waals surface area contributed by atoms with Crippen LogP contribution in [-0.2, 0) is 6.42 Å². The molecule has 2 N–H and O–H groups in total. The van der Waals surface area contributed by atoms with Crippen molar-refractivity contribution in [3.8, 4) is 0 Å². The predicted octanol–water partition coefficient (Wildman–Crippen LogP) is 4.29. The lowest BCUT2D eigenvalue weighted by Crippen LogP contribution is -2.05. The van der Waals surface area contributed by atoms with Crippen LogP contribution in [-0.4, -0.2) is 29.0 Å². The number of fused-ring (bicyclic) bond motifs is 1. The molecule has 5 heteroatoms. The number of halogens is 1. The lowest BCUT2D eigenvalue weighted by molar-refractivity contribution is 0.102. The van der Waals surface area contributed by atoms with Crippen molar-refractivity contribution in [3.05, 3.63) is 40.6 Å². The largest absolute Gasteiger partial charge is 0.396 e. The van der Waals surface area contributed by atoms with Crippen molar-refractivity contribution in [1.29, 1.82) is 0 Å². The zero-order chi connectivity index (χ0) is 15.9. The number of aliphatic hydroxyl groups is 1. The summed E-state index contributed by atoms with van der Waals surface area (Å²) in [5, 5.41) is 12.4. The molecule has 0 atom stereocenters. The van der Waals surface area contributed by atoms with Crippen molar-refractivity contribution in [2.75, 3.05) is 23.4 Å². The summed E-state index contributed by atoms with van der Waals surface area (Å²) in [6.45, 7) is 4.17. The molecule has 0 bridgehead atoms. The third-order valence-corrected chi connectivity index (χ3v) is 4.99. The number of hydrogen-bond donors (Lipinski definition) is 2. The van der Waals surface area contributed by atoms with Crippen LogP contribution in [0.3, 0.4) is 0 Å². The minimum absolute atomic E-state index is 0.0886. The summed E-state index contributed by atoms with van der Waals surface area (Å²) in [6, 6.07) is 3.72. The third kappa shape index (κ3) is 4.77. The maximum Gasteiger partial charge on any atom is 0.174 e. The molecule has 0 unspecified atom stereocenters. The molecule has 0 spiro atoms. The fourth-order valence-corrected chi connectivity index (χ4v) is 3.63. The van der Waals surface area contributed by atoms with Crippen LogP contribution in [0.5, 0.6) is 0 Å². The lowest BCUT2D eigenvalue weighted by Gasteiger charge is -2.07. The Labute approximate surface area is 141 Å². The number of benzene rings is 1. The van der Waals surface area contributed by atoms with E-state index in [1.54, 1.807) is 11.8 Å². The number of carbonyl (C=O) groups excluding carboxylic acids is 1. The average Bonchev–Trinajstić information content (AvgIpc) is 2.84. The van der Waals surface area contributed by atoms with Gasteiger partial charge in [0.2, 0.25) is 0 Å². The summed E-state index contributed by atoms with van der Waals surface area (Å²) in [7, 11) is 0. The number of ketones is 1. The number of unbranched alkanes of at least 4 members (excludes halogenated alkanes) is 3. The van der Waals surface area contributed by atoms with Crippen molar-refractivity contribution in [2.24, 2.45) is 0 Å². The molecule has 2 rings (SSSR count). The van der Waals surface area contributed by atoms with Gasteiger partial charge in [-0.2, -0.15) is 11.8 Å². The molecule has 3 nitrogen and oxygen atoms in total. The molecule has 1 aromatic carbocycles. The van der Waals surface area contributed by atoms with Gasteiger partial charge in [0.1, 0.15) is 0 Å². The number of carbonyl (C=O) groups is 1. The molecule has 0 fully saturated rings. The van der Waals surface area contributed by atoms with Gasteiger partial charge in [-0.1, -0.05) is 31.0 Å². The van der Waals surface area contributed by atoms with Crippen LogP contribution >= 0.6 is 23.4 Å². The summed E-state index contributed by atoms with van der Waals surface area (Å²) in [5.74, 6) is 1.52. The Bertz CT molecular complexity index is 560. The molecule has 0 radical (unpaired) electrons. The van der Waals surface area contributed by atoms with E-state index in [-0.39, 0.29) is 12.4 Å². The van der Waals surface area contributed by atoms with Gasteiger partial charge in [0.15, 0.2) is 5.78 Å². The minimum Gasteiger partial charge on any atom is -0.396 e. The van der Waals surface area contributed by atoms with E-state index < -0.39 is 0 Å². The summed E-state index contributed by atoms with van der Waals surface area (Å²) in [5.41, 5.74) is 3.60. The lowest BCUT2D eigenvalue weighted by atomic mass is 10.1. The maximum atomic E-state index is 12.3. The summed E-state index contributed by atoms with van der Waals surface area (Å²) in [6.07, 6.45) is 4.87. The van der Waals surface area contributed by atoms with E-state index in [1.165, 1.54) is 0 Å². The first-order valence-electron chi connectivity index (χ1n) is 7.61. The van der Waals surface area contributed by atoms with Gasteiger partial charge in [0, 0.05) is 30.0 Å². The second kappa shape index (κ2) is 8.61. The van der Waals surface area contributed by atoms with Crippen LogP contribution in [0.4, 0.5) is 5.69 Å². The Balaban J connectivity index is 1.81. The molecular weight excluding hydrogens is 318 g/mol. The van der Waals surface area contributed by atoms with Crippen molar-refractivity contribution in [1.82, 2.24) is 0 Å². The van der Waals surface area contributed by atoms with Crippen LogP contribution in [0.2, 0.25) is 5.02 Å². The van der Waals surface area contributed by atoms with Crippen molar-refractivity contribution >= 4 is 34.8 Å². The Morgan fingerprint density at radius 1 is 1.32 bits per heavy atom. The zero-order valence-corrected chi connectivity index (χ0v) is 14.2. The zero-order valence-electron chi connectivity index (χ0n) is 12.7. The van der Waals surface area contributed by atoms with E-state index in [0.717, 1.165) is 54.8 Å². The first-order valence-corrected chi connectivity index (χ1v) is 9.14. The minimum atomic E-state index is 0.0886. The number of thioether (sulfide) groups is 1.